The molecular weight excluding hydrogens is 296 g/mol. The second kappa shape index (κ2) is 6.10. The number of aromatic nitrogens is 2. The molecule has 0 radical (unpaired) electrons. The van der Waals surface area contributed by atoms with Gasteiger partial charge in [-0.2, -0.15) is 0 Å². The first-order valence-electron chi connectivity index (χ1n) is 7.89. The standard InChI is InChI=1S/C16H24N4OS/c1-4-12-9-13-14(17-11-18-15(13)22-12)20-7-5-19(6-8-20)10-16(2,3)21/h9,11,21H,4-8,10H2,1-3H3. The Balaban J connectivity index is 1.75. The minimum absolute atomic E-state index is 0.631. The molecule has 1 aliphatic rings. The molecule has 0 saturated carbocycles. The van der Waals surface area contributed by atoms with Crippen molar-refractivity contribution in [1.82, 2.24) is 14.9 Å². The Labute approximate surface area is 135 Å². The van der Waals surface area contributed by atoms with E-state index in [0.717, 1.165) is 49.8 Å². The molecule has 0 atom stereocenters. The van der Waals surface area contributed by atoms with Crippen LogP contribution in [0.1, 0.15) is 25.6 Å². The van der Waals surface area contributed by atoms with Gasteiger partial charge in [0.05, 0.1) is 11.0 Å². The third-order valence-electron chi connectivity index (χ3n) is 3.99. The van der Waals surface area contributed by atoms with Gasteiger partial charge in [0.2, 0.25) is 0 Å². The lowest BCUT2D eigenvalue weighted by atomic mass is 10.1. The zero-order chi connectivity index (χ0) is 15.7. The first kappa shape index (κ1) is 15.6. The van der Waals surface area contributed by atoms with Gasteiger partial charge in [-0.25, -0.2) is 9.97 Å². The Bertz CT molecular complexity index is 641. The van der Waals surface area contributed by atoms with Crippen molar-refractivity contribution in [2.45, 2.75) is 32.8 Å². The van der Waals surface area contributed by atoms with E-state index in [9.17, 15) is 5.11 Å². The molecule has 3 heterocycles. The predicted molar refractivity (Wildman–Crippen MR) is 91.7 cm³/mol. The molecule has 2 aromatic heterocycles. The molecule has 1 aliphatic heterocycles. The number of rotatable bonds is 4. The molecule has 0 aromatic carbocycles. The molecule has 120 valence electrons. The van der Waals surface area contributed by atoms with Crippen molar-refractivity contribution in [2.75, 3.05) is 37.6 Å². The Morgan fingerprint density at radius 3 is 2.59 bits per heavy atom. The van der Waals surface area contributed by atoms with E-state index in [1.165, 1.54) is 10.3 Å². The third kappa shape index (κ3) is 3.39. The van der Waals surface area contributed by atoms with Crippen molar-refractivity contribution in [3.8, 4) is 0 Å². The van der Waals surface area contributed by atoms with Gasteiger partial charge >= 0.3 is 0 Å². The maximum absolute atomic E-state index is 9.95. The van der Waals surface area contributed by atoms with E-state index < -0.39 is 5.60 Å². The summed E-state index contributed by atoms with van der Waals surface area (Å²) < 4.78 is 0. The van der Waals surface area contributed by atoms with Gasteiger partial charge < -0.3 is 10.0 Å². The van der Waals surface area contributed by atoms with Crippen LogP contribution in [-0.2, 0) is 6.42 Å². The number of aryl methyl sites for hydroxylation is 1. The summed E-state index contributed by atoms with van der Waals surface area (Å²) in [6.07, 6.45) is 2.72. The summed E-state index contributed by atoms with van der Waals surface area (Å²) in [5.74, 6) is 1.06. The fourth-order valence-electron chi connectivity index (χ4n) is 2.98. The molecule has 0 aliphatic carbocycles. The Hall–Kier alpha value is -1.24. The molecule has 0 amide bonds. The molecule has 3 rings (SSSR count). The lowest BCUT2D eigenvalue weighted by Crippen LogP contribution is -2.50. The highest BCUT2D eigenvalue weighted by molar-refractivity contribution is 7.18. The number of nitrogens with zero attached hydrogens (tertiary/aromatic N) is 4. The summed E-state index contributed by atoms with van der Waals surface area (Å²) in [4.78, 5) is 16.0. The van der Waals surface area contributed by atoms with E-state index in [4.69, 9.17) is 0 Å². The van der Waals surface area contributed by atoms with Crippen LogP contribution in [0.5, 0.6) is 0 Å². The second-order valence-electron chi connectivity index (χ2n) is 6.56. The maximum Gasteiger partial charge on any atom is 0.140 e. The van der Waals surface area contributed by atoms with Gasteiger partial charge in [0.1, 0.15) is 17.0 Å². The van der Waals surface area contributed by atoms with Crippen LogP contribution >= 0.6 is 11.3 Å². The fraction of sp³-hybridized carbons (Fsp3) is 0.625. The first-order valence-corrected chi connectivity index (χ1v) is 8.71. The zero-order valence-corrected chi connectivity index (χ0v) is 14.4. The van der Waals surface area contributed by atoms with Crippen LogP contribution in [-0.4, -0.2) is 58.3 Å². The molecule has 5 nitrogen and oxygen atoms in total. The number of fused-ring (bicyclic) bond motifs is 1. The quantitative estimate of drug-likeness (QED) is 0.935. The lowest BCUT2D eigenvalue weighted by molar-refractivity contribution is 0.0345. The first-order chi connectivity index (χ1) is 10.5. The molecule has 0 bridgehead atoms. The molecule has 22 heavy (non-hydrogen) atoms. The molecule has 2 aromatic rings. The van der Waals surface area contributed by atoms with Gasteiger partial charge in [-0.1, -0.05) is 6.92 Å². The van der Waals surface area contributed by atoms with E-state index >= 15 is 0 Å². The van der Waals surface area contributed by atoms with Gasteiger partial charge in [-0.05, 0) is 26.3 Å². The number of hydrogen-bond donors (Lipinski definition) is 1. The van der Waals surface area contributed by atoms with Crippen molar-refractivity contribution in [3.63, 3.8) is 0 Å². The lowest BCUT2D eigenvalue weighted by Gasteiger charge is -2.37. The highest BCUT2D eigenvalue weighted by Crippen LogP contribution is 2.30. The highest BCUT2D eigenvalue weighted by Gasteiger charge is 2.24. The Morgan fingerprint density at radius 1 is 1.23 bits per heavy atom. The van der Waals surface area contributed by atoms with Crippen LogP contribution in [0.3, 0.4) is 0 Å². The number of aliphatic hydroxyl groups is 1. The van der Waals surface area contributed by atoms with E-state index in [1.807, 2.05) is 13.8 Å². The molecular formula is C16H24N4OS. The van der Waals surface area contributed by atoms with Crippen molar-refractivity contribution in [2.24, 2.45) is 0 Å². The summed E-state index contributed by atoms with van der Waals surface area (Å²) >= 11 is 1.76. The van der Waals surface area contributed by atoms with Crippen LogP contribution < -0.4 is 4.90 Å². The van der Waals surface area contributed by atoms with Crippen molar-refractivity contribution < 1.29 is 5.11 Å². The van der Waals surface area contributed by atoms with Crippen LogP contribution in [0, 0.1) is 0 Å². The number of anilines is 1. The van der Waals surface area contributed by atoms with Gasteiger partial charge in [0.15, 0.2) is 0 Å². The molecule has 1 saturated heterocycles. The van der Waals surface area contributed by atoms with Gasteiger partial charge in [0, 0.05) is 37.6 Å². The maximum atomic E-state index is 9.95. The summed E-state index contributed by atoms with van der Waals surface area (Å²) in [5, 5.41) is 11.1. The monoisotopic (exact) mass is 320 g/mol. The summed E-state index contributed by atoms with van der Waals surface area (Å²) in [6.45, 7) is 10.4. The van der Waals surface area contributed by atoms with Gasteiger partial charge in [0.25, 0.3) is 0 Å². The number of thiophene rings is 1. The average Bonchev–Trinajstić information content (AvgIpc) is 2.89. The fourth-order valence-corrected chi connectivity index (χ4v) is 3.91. The average molecular weight is 320 g/mol. The molecule has 6 heteroatoms. The van der Waals surface area contributed by atoms with E-state index in [2.05, 4.69) is 32.8 Å². The smallest absolute Gasteiger partial charge is 0.140 e. The van der Waals surface area contributed by atoms with Gasteiger partial charge in [-0.15, -0.1) is 11.3 Å². The normalized spacial score (nSPS) is 17.4. The van der Waals surface area contributed by atoms with Crippen LogP contribution in [0.2, 0.25) is 0 Å². The van der Waals surface area contributed by atoms with Crippen LogP contribution in [0.15, 0.2) is 12.4 Å². The zero-order valence-electron chi connectivity index (χ0n) is 13.5. The van der Waals surface area contributed by atoms with Crippen LogP contribution in [0.25, 0.3) is 10.2 Å². The molecule has 0 unspecified atom stereocenters. The van der Waals surface area contributed by atoms with E-state index in [-0.39, 0.29) is 0 Å². The highest BCUT2D eigenvalue weighted by atomic mass is 32.1. The summed E-state index contributed by atoms with van der Waals surface area (Å²) in [6, 6.07) is 2.23. The van der Waals surface area contributed by atoms with Crippen molar-refractivity contribution in [3.05, 3.63) is 17.3 Å². The summed E-state index contributed by atoms with van der Waals surface area (Å²) in [5.41, 5.74) is -0.631. The predicted octanol–water partition coefficient (Wildman–Crippen LogP) is 2.15. The van der Waals surface area contributed by atoms with Crippen LogP contribution in [0.4, 0.5) is 5.82 Å². The molecule has 1 N–H and O–H groups in total. The largest absolute Gasteiger partial charge is 0.389 e. The molecule has 1 fully saturated rings. The SMILES string of the molecule is CCc1cc2c(N3CCN(CC(C)(C)O)CC3)ncnc2s1. The summed E-state index contributed by atoms with van der Waals surface area (Å²) in [7, 11) is 0. The molecule has 0 spiro atoms. The van der Waals surface area contributed by atoms with E-state index in [0.29, 0.717) is 0 Å². The second-order valence-corrected chi connectivity index (χ2v) is 7.67. The minimum Gasteiger partial charge on any atom is -0.389 e. The van der Waals surface area contributed by atoms with Crippen molar-refractivity contribution in [1.29, 1.82) is 0 Å². The van der Waals surface area contributed by atoms with Gasteiger partial charge in [-0.3, -0.25) is 4.90 Å². The number of piperazine rings is 1. The number of hydrogen-bond acceptors (Lipinski definition) is 6. The minimum atomic E-state index is -0.631. The van der Waals surface area contributed by atoms with E-state index in [1.54, 1.807) is 17.7 Å². The third-order valence-corrected chi connectivity index (χ3v) is 5.18. The topological polar surface area (TPSA) is 52.5 Å². The Morgan fingerprint density at radius 2 is 1.95 bits per heavy atom. The Kier molecular flexibility index (Phi) is 4.34. The van der Waals surface area contributed by atoms with Crippen molar-refractivity contribution >= 4 is 27.4 Å². The number of β-amino-alcohol motifs (C(OH)–C–C–N with tert-alkyl or cyclic N) is 1.